The van der Waals surface area contributed by atoms with Gasteiger partial charge in [-0.15, -0.1) is 0 Å². The zero-order valence-electron chi connectivity index (χ0n) is 26.9. The van der Waals surface area contributed by atoms with Gasteiger partial charge in [0.2, 0.25) is 11.9 Å². The van der Waals surface area contributed by atoms with E-state index in [2.05, 4.69) is 87.3 Å². The second-order valence-corrected chi connectivity index (χ2v) is 11.9. The number of H-pyrrole nitrogens is 3. The Morgan fingerprint density at radius 2 is 1.41 bits per heavy atom. The van der Waals surface area contributed by atoms with Gasteiger partial charge in [-0.3, -0.25) is 15.1 Å². The van der Waals surface area contributed by atoms with Gasteiger partial charge in [0.05, 0.1) is 39.5 Å². The van der Waals surface area contributed by atoms with Crippen molar-refractivity contribution in [2.75, 3.05) is 27.8 Å². The first kappa shape index (κ1) is 32.8. The Balaban J connectivity index is 0.000000159. The maximum Gasteiger partial charge on any atom is 0.323 e. The Labute approximate surface area is 299 Å². The third-order valence-corrected chi connectivity index (χ3v) is 8.03. The van der Waals surface area contributed by atoms with Gasteiger partial charge in [-0.25, -0.2) is 14.8 Å². The molecular formula is C35H31BrN14O. The maximum absolute atomic E-state index is 11.3. The standard InChI is InChI=1S/C18H17N7O.C17H14BrN7/c26-18-23-14-5-4-13(11-15(14)24-18)22-17-21-10-7-16(25-17)20-9-6-12-3-1-2-8-19-12;18-14-10-21-17(23-12-5-4-11-8-22-25-15(11)7-12)24-16(14)20-9-13-3-1-2-6-19-13/h1-5,7-8,10-11H,6,9H2,(H2,23,24,26)(H2,20,21,22,25);1-8,10H,9H2,(H,22,25)(H2,20,21,23,24). The van der Waals surface area contributed by atoms with E-state index in [1.54, 1.807) is 31.0 Å². The number of hydrogen-bond donors (Lipinski definition) is 7. The van der Waals surface area contributed by atoms with E-state index in [1.807, 2.05) is 78.9 Å². The van der Waals surface area contributed by atoms with Crippen molar-refractivity contribution in [2.45, 2.75) is 13.0 Å². The van der Waals surface area contributed by atoms with Crippen molar-refractivity contribution < 1.29 is 0 Å². The largest absolute Gasteiger partial charge is 0.370 e. The lowest BCUT2D eigenvalue weighted by molar-refractivity contribution is 0.951. The molecule has 0 amide bonds. The van der Waals surface area contributed by atoms with E-state index in [0.717, 1.165) is 68.0 Å². The lowest BCUT2D eigenvalue weighted by Crippen LogP contribution is -2.08. The minimum Gasteiger partial charge on any atom is -0.370 e. The average molecular weight is 744 g/mol. The molecular weight excluding hydrogens is 712 g/mol. The molecule has 8 aromatic rings. The van der Waals surface area contributed by atoms with Crippen LogP contribution in [0.2, 0.25) is 0 Å². The number of rotatable bonds is 11. The van der Waals surface area contributed by atoms with E-state index in [4.69, 9.17) is 0 Å². The van der Waals surface area contributed by atoms with Crippen molar-refractivity contribution in [1.82, 2.24) is 50.1 Å². The number of benzene rings is 2. The number of nitrogens with one attached hydrogen (secondary N) is 7. The molecule has 0 atom stereocenters. The van der Waals surface area contributed by atoms with Crippen molar-refractivity contribution in [3.05, 3.63) is 136 Å². The zero-order valence-corrected chi connectivity index (χ0v) is 28.5. The molecule has 2 aromatic carbocycles. The molecule has 0 saturated carbocycles. The molecule has 0 fully saturated rings. The SMILES string of the molecule is Brc1cnc(Nc2ccc3cn[nH]c3c2)nc1NCc1ccccn1.O=c1[nH]c2ccc(Nc3nccc(NCCc4ccccn4)n3)cc2[nH]1. The zero-order chi connectivity index (χ0) is 34.8. The van der Waals surface area contributed by atoms with Crippen LogP contribution in [0.1, 0.15) is 11.4 Å². The number of anilines is 6. The van der Waals surface area contributed by atoms with Crippen LogP contribution in [0.5, 0.6) is 0 Å². The highest BCUT2D eigenvalue weighted by Crippen LogP contribution is 2.24. The summed E-state index contributed by atoms with van der Waals surface area (Å²) in [7, 11) is 0. The fourth-order valence-electron chi connectivity index (χ4n) is 4.99. The first-order chi connectivity index (χ1) is 25.0. The van der Waals surface area contributed by atoms with Gasteiger partial charge in [0, 0.05) is 60.2 Å². The summed E-state index contributed by atoms with van der Waals surface area (Å²) >= 11 is 3.47. The predicted octanol–water partition coefficient (Wildman–Crippen LogP) is 6.31. The number of aromatic nitrogens is 10. The number of hydrogen-bond acceptors (Lipinski definition) is 12. The normalized spacial score (nSPS) is 10.8. The minimum atomic E-state index is -0.229. The summed E-state index contributed by atoms with van der Waals surface area (Å²) in [6.07, 6.45) is 9.56. The number of nitrogens with zero attached hydrogens (tertiary/aromatic N) is 7. The molecule has 0 radical (unpaired) electrons. The van der Waals surface area contributed by atoms with Gasteiger partial charge in [-0.1, -0.05) is 12.1 Å². The molecule has 254 valence electrons. The highest BCUT2D eigenvalue weighted by Gasteiger charge is 2.07. The molecule has 15 nitrogen and oxygen atoms in total. The number of pyridine rings is 2. The number of halogens is 1. The van der Waals surface area contributed by atoms with Crippen molar-refractivity contribution in [1.29, 1.82) is 0 Å². The van der Waals surface area contributed by atoms with E-state index in [0.29, 0.717) is 24.3 Å². The number of aromatic amines is 3. The number of fused-ring (bicyclic) bond motifs is 2. The van der Waals surface area contributed by atoms with E-state index in [1.165, 1.54) is 0 Å². The van der Waals surface area contributed by atoms with Crippen LogP contribution in [0.4, 0.5) is 34.9 Å². The predicted molar refractivity (Wildman–Crippen MR) is 201 cm³/mol. The lowest BCUT2D eigenvalue weighted by Gasteiger charge is -2.10. The van der Waals surface area contributed by atoms with Gasteiger partial charge in [-0.05, 0) is 82.7 Å². The Kier molecular flexibility index (Phi) is 10.1. The third kappa shape index (κ3) is 8.87. The summed E-state index contributed by atoms with van der Waals surface area (Å²) in [6, 6.07) is 24.9. The summed E-state index contributed by atoms with van der Waals surface area (Å²) < 4.78 is 0.790. The van der Waals surface area contributed by atoms with E-state index in [-0.39, 0.29) is 5.69 Å². The van der Waals surface area contributed by atoms with Gasteiger partial charge in [0.25, 0.3) is 0 Å². The van der Waals surface area contributed by atoms with Gasteiger partial charge in [0.1, 0.15) is 11.6 Å². The fraction of sp³-hybridized carbons (Fsp3) is 0.0857. The van der Waals surface area contributed by atoms with Gasteiger partial charge >= 0.3 is 5.69 Å². The summed E-state index contributed by atoms with van der Waals surface area (Å²) in [5, 5.41) is 20.9. The molecule has 6 heterocycles. The highest BCUT2D eigenvalue weighted by molar-refractivity contribution is 9.10. The van der Waals surface area contributed by atoms with Gasteiger partial charge in [0.15, 0.2) is 0 Å². The molecule has 7 N–H and O–H groups in total. The first-order valence-electron chi connectivity index (χ1n) is 15.9. The van der Waals surface area contributed by atoms with Crippen LogP contribution in [-0.4, -0.2) is 56.6 Å². The van der Waals surface area contributed by atoms with Crippen LogP contribution in [0.25, 0.3) is 21.9 Å². The molecule has 16 heteroatoms. The third-order valence-electron chi connectivity index (χ3n) is 7.45. The summed E-state index contributed by atoms with van der Waals surface area (Å²) in [4.78, 5) is 42.9. The van der Waals surface area contributed by atoms with Crippen LogP contribution >= 0.6 is 15.9 Å². The topological polar surface area (TPSA) is 203 Å². The molecule has 0 saturated heterocycles. The average Bonchev–Trinajstić information content (AvgIpc) is 3.78. The molecule has 6 aromatic heterocycles. The van der Waals surface area contributed by atoms with Crippen molar-refractivity contribution in [2.24, 2.45) is 0 Å². The minimum absolute atomic E-state index is 0.229. The summed E-state index contributed by atoms with van der Waals surface area (Å²) in [5.74, 6) is 2.41. The quantitative estimate of drug-likeness (QED) is 0.0780. The Bertz CT molecular complexity index is 2410. The van der Waals surface area contributed by atoms with Crippen LogP contribution in [0.15, 0.2) is 119 Å². The van der Waals surface area contributed by atoms with Gasteiger partial charge < -0.3 is 31.2 Å². The summed E-state index contributed by atoms with van der Waals surface area (Å²) in [5.41, 5.74) is 5.85. The molecule has 8 rings (SSSR count). The van der Waals surface area contributed by atoms with Crippen LogP contribution in [0.3, 0.4) is 0 Å². The van der Waals surface area contributed by atoms with Crippen molar-refractivity contribution >= 4 is 72.8 Å². The van der Waals surface area contributed by atoms with E-state index in [9.17, 15) is 4.79 Å². The van der Waals surface area contributed by atoms with E-state index < -0.39 is 0 Å². The summed E-state index contributed by atoms with van der Waals surface area (Å²) in [6.45, 7) is 1.31. The monoisotopic (exact) mass is 742 g/mol. The highest BCUT2D eigenvalue weighted by atomic mass is 79.9. The first-order valence-corrected chi connectivity index (χ1v) is 16.7. The second-order valence-electron chi connectivity index (χ2n) is 11.1. The Morgan fingerprint density at radius 1 is 0.667 bits per heavy atom. The van der Waals surface area contributed by atoms with Crippen LogP contribution in [0, 0.1) is 0 Å². The number of imidazole rings is 1. The molecule has 0 aliphatic carbocycles. The Hall–Kier alpha value is -6.68. The second kappa shape index (κ2) is 15.7. The smallest absolute Gasteiger partial charge is 0.323 e. The molecule has 0 spiro atoms. The molecule has 0 unspecified atom stereocenters. The fourth-order valence-corrected chi connectivity index (χ4v) is 5.32. The van der Waals surface area contributed by atoms with Crippen molar-refractivity contribution in [3.63, 3.8) is 0 Å². The molecule has 0 aliphatic heterocycles. The van der Waals surface area contributed by atoms with Crippen LogP contribution < -0.4 is 27.0 Å². The van der Waals surface area contributed by atoms with E-state index >= 15 is 0 Å². The van der Waals surface area contributed by atoms with Crippen LogP contribution in [-0.2, 0) is 13.0 Å². The molecule has 0 aliphatic rings. The molecule has 51 heavy (non-hydrogen) atoms. The van der Waals surface area contributed by atoms with Crippen molar-refractivity contribution in [3.8, 4) is 0 Å². The Morgan fingerprint density at radius 3 is 2.22 bits per heavy atom. The molecule has 0 bridgehead atoms. The van der Waals surface area contributed by atoms with Gasteiger partial charge in [-0.2, -0.15) is 15.1 Å². The maximum atomic E-state index is 11.3. The lowest BCUT2D eigenvalue weighted by atomic mass is 10.2.